The van der Waals surface area contributed by atoms with Crippen LogP contribution < -0.4 is 4.72 Å². The van der Waals surface area contributed by atoms with E-state index >= 15 is 0 Å². The average Bonchev–Trinajstić information content (AvgIpc) is 3.23. The number of aryl methyl sites for hydroxylation is 1. The van der Waals surface area contributed by atoms with E-state index in [4.69, 9.17) is 4.74 Å². The van der Waals surface area contributed by atoms with Gasteiger partial charge in [0.2, 0.25) is 10.0 Å². The van der Waals surface area contributed by atoms with E-state index in [1.54, 1.807) is 0 Å². The van der Waals surface area contributed by atoms with Crippen molar-refractivity contribution in [3.63, 3.8) is 0 Å². The Hall–Kier alpha value is -1.03. The molecule has 4 atom stereocenters. The number of aromatic nitrogens is 3. The van der Waals surface area contributed by atoms with Crippen LogP contribution in [-0.2, 0) is 27.7 Å². The molecule has 0 aliphatic carbocycles. The Bertz CT molecular complexity index is 720. The summed E-state index contributed by atoms with van der Waals surface area (Å²) in [5, 5.41) is 7.21. The molecule has 9 heteroatoms. The summed E-state index contributed by atoms with van der Waals surface area (Å²) in [6.07, 6.45) is 4.34. The topological polar surface area (TPSA) is 100 Å². The van der Waals surface area contributed by atoms with E-state index in [1.807, 2.05) is 6.92 Å². The Morgan fingerprint density at radius 3 is 3.04 bits per heavy atom. The summed E-state index contributed by atoms with van der Waals surface area (Å²) < 4.78 is 31.9. The van der Waals surface area contributed by atoms with Gasteiger partial charge >= 0.3 is 0 Å². The lowest BCUT2D eigenvalue weighted by molar-refractivity contribution is 0.00202. The fraction of sp³-hybridized carbons (Fsp3) is 0.867. The van der Waals surface area contributed by atoms with Crippen molar-refractivity contribution in [2.24, 2.45) is 11.8 Å². The highest BCUT2D eigenvalue weighted by Gasteiger charge is 2.62. The largest absolute Gasteiger partial charge is 0.370 e. The van der Waals surface area contributed by atoms with E-state index in [0.717, 1.165) is 50.5 Å². The summed E-state index contributed by atoms with van der Waals surface area (Å²) in [7, 11) is -3.16. The summed E-state index contributed by atoms with van der Waals surface area (Å²) in [5.74, 6) is 2.39. The van der Waals surface area contributed by atoms with Gasteiger partial charge in [-0.25, -0.2) is 18.1 Å². The van der Waals surface area contributed by atoms with E-state index < -0.39 is 10.0 Å². The minimum Gasteiger partial charge on any atom is -0.370 e. The number of likely N-dealkylation sites (tertiary alicyclic amines) is 1. The van der Waals surface area contributed by atoms with Gasteiger partial charge in [-0.2, -0.15) is 5.10 Å². The van der Waals surface area contributed by atoms with Crippen molar-refractivity contribution in [3.05, 3.63) is 11.6 Å². The maximum absolute atomic E-state index is 11.4. The zero-order chi connectivity index (χ0) is 16.9. The van der Waals surface area contributed by atoms with Gasteiger partial charge in [-0.15, -0.1) is 0 Å². The Morgan fingerprint density at radius 1 is 1.50 bits per heavy atom. The van der Waals surface area contributed by atoms with Crippen LogP contribution in [0.2, 0.25) is 0 Å². The number of rotatable bonds is 6. The van der Waals surface area contributed by atoms with Gasteiger partial charge in [0.25, 0.3) is 0 Å². The molecule has 1 aromatic heterocycles. The highest BCUT2D eigenvalue weighted by Crippen LogP contribution is 2.54. The van der Waals surface area contributed by atoms with Gasteiger partial charge in [-0.3, -0.25) is 10.00 Å². The van der Waals surface area contributed by atoms with Gasteiger partial charge in [0, 0.05) is 37.9 Å². The predicted octanol–water partition coefficient (Wildman–Crippen LogP) is -0.104. The van der Waals surface area contributed by atoms with Crippen molar-refractivity contribution >= 4 is 10.0 Å². The molecule has 3 aliphatic heterocycles. The van der Waals surface area contributed by atoms with Gasteiger partial charge in [-0.05, 0) is 12.8 Å². The standard InChI is InChI=1S/C15H25N5O3S/c1-3-13-17-14(19-18-13)8-20-7-11-10(6-16-24(2,21)22)12-4-5-15(11,9-20)23-12/h10-12,16H,3-9H2,1-2H3,(H,17,18,19)/t10-,11+,12+,15+/m0/s1. The zero-order valence-corrected chi connectivity index (χ0v) is 15.0. The number of H-pyrrole nitrogens is 1. The molecule has 0 radical (unpaired) electrons. The molecule has 134 valence electrons. The maximum Gasteiger partial charge on any atom is 0.208 e. The number of sulfonamides is 1. The third-order valence-corrected chi connectivity index (χ3v) is 6.39. The van der Waals surface area contributed by atoms with Crippen molar-refractivity contribution in [3.8, 4) is 0 Å². The summed E-state index contributed by atoms with van der Waals surface area (Å²) in [4.78, 5) is 6.85. The zero-order valence-electron chi connectivity index (χ0n) is 14.2. The molecule has 24 heavy (non-hydrogen) atoms. The SMILES string of the molecule is CCc1n[nH]c(CN2C[C@@H]3[C@H](CNS(C)(=O)=O)[C@H]4CC[C@]3(C2)O4)n1. The molecule has 4 heterocycles. The predicted molar refractivity (Wildman–Crippen MR) is 87.7 cm³/mol. The van der Waals surface area contributed by atoms with Crippen LogP contribution in [0.15, 0.2) is 0 Å². The number of nitrogens with zero attached hydrogens (tertiary/aromatic N) is 3. The molecule has 2 bridgehead atoms. The van der Waals surface area contributed by atoms with Gasteiger partial charge in [-0.1, -0.05) is 6.92 Å². The molecule has 3 saturated heterocycles. The first-order valence-electron chi connectivity index (χ1n) is 8.63. The van der Waals surface area contributed by atoms with Crippen molar-refractivity contribution in [2.45, 2.75) is 44.4 Å². The first-order valence-corrected chi connectivity index (χ1v) is 10.5. The molecule has 0 amide bonds. The van der Waals surface area contributed by atoms with Crippen molar-refractivity contribution in [2.75, 3.05) is 25.9 Å². The van der Waals surface area contributed by atoms with Crippen molar-refractivity contribution in [1.82, 2.24) is 24.8 Å². The van der Waals surface area contributed by atoms with Crippen LogP contribution in [0.25, 0.3) is 0 Å². The van der Waals surface area contributed by atoms with E-state index in [2.05, 4.69) is 24.8 Å². The van der Waals surface area contributed by atoms with Crippen LogP contribution in [0.5, 0.6) is 0 Å². The summed E-state index contributed by atoms with van der Waals surface area (Å²) >= 11 is 0. The Balaban J connectivity index is 1.44. The molecule has 8 nitrogen and oxygen atoms in total. The minimum absolute atomic E-state index is 0.0951. The number of hydrogen-bond acceptors (Lipinski definition) is 6. The second kappa shape index (κ2) is 5.76. The summed E-state index contributed by atoms with van der Waals surface area (Å²) in [5.41, 5.74) is -0.0951. The minimum atomic E-state index is -3.16. The number of aromatic amines is 1. The average molecular weight is 355 g/mol. The fourth-order valence-electron chi connectivity index (χ4n) is 4.70. The van der Waals surface area contributed by atoms with Crippen LogP contribution in [0, 0.1) is 11.8 Å². The molecule has 3 fully saturated rings. The molecular formula is C15H25N5O3S. The lowest BCUT2D eigenvalue weighted by Gasteiger charge is -2.29. The lowest BCUT2D eigenvalue weighted by Crippen LogP contribution is -2.41. The van der Waals surface area contributed by atoms with E-state index in [0.29, 0.717) is 12.5 Å². The molecule has 3 aliphatic rings. The number of hydrogen-bond donors (Lipinski definition) is 2. The van der Waals surface area contributed by atoms with Crippen LogP contribution in [-0.4, -0.2) is 66.1 Å². The maximum atomic E-state index is 11.4. The Kier molecular flexibility index (Phi) is 3.94. The van der Waals surface area contributed by atoms with E-state index in [-0.39, 0.29) is 17.6 Å². The second-order valence-corrected chi connectivity index (χ2v) is 9.21. The van der Waals surface area contributed by atoms with Crippen LogP contribution in [0.4, 0.5) is 0 Å². The van der Waals surface area contributed by atoms with Gasteiger partial charge in [0.05, 0.1) is 24.5 Å². The molecule has 1 spiro atoms. The molecular weight excluding hydrogens is 330 g/mol. The summed E-state index contributed by atoms with van der Waals surface area (Å²) in [6, 6.07) is 0. The normalized spacial score (nSPS) is 35.7. The molecule has 4 rings (SSSR count). The fourth-order valence-corrected chi connectivity index (χ4v) is 5.20. The highest BCUT2D eigenvalue weighted by molar-refractivity contribution is 7.88. The second-order valence-electron chi connectivity index (χ2n) is 7.37. The first kappa shape index (κ1) is 16.4. The molecule has 0 unspecified atom stereocenters. The van der Waals surface area contributed by atoms with E-state index in [9.17, 15) is 8.42 Å². The Morgan fingerprint density at radius 2 is 2.33 bits per heavy atom. The van der Waals surface area contributed by atoms with E-state index in [1.165, 1.54) is 6.26 Å². The van der Waals surface area contributed by atoms with Crippen LogP contribution in [0.3, 0.4) is 0 Å². The van der Waals surface area contributed by atoms with Crippen LogP contribution >= 0.6 is 0 Å². The Labute approximate surface area is 142 Å². The monoisotopic (exact) mass is 355 g/mol. The molecule has 1 aromatic rings. The number of fused-ring (bicyclic) bond motifs is 1. The van der Waals surface area contributed by atoms with Gasteiger partial charge in [0.1, 0.15) is 11.6 Å². The van der Waals surface area contributed by atoms with Crippen molar-refractivity contribution in [1.29, 1.82) is 0 Å². The quantitative estimate of drug-likeness (QED) is 0.739. The number of nitrogens with one attached hydrogen (secondary N) is 2. The van der Waals surface area contributed by atoms with Crippen molar-refractivity contribution < 1.29 is 13.2 Å². The third-order valence-electron chi connectivity index (χ3n) is 5.70. The first-order chi connectivity index (χ1) is 11.4. The molecule has 0 aromatic carbocycles. The van der Waals surface area contributed by atoms with Gasteiger partial charge < -0.3 is 4.74 Å². The third kappa shape index (κ3) is 2.87. The molecule has 0 saturated carbocycles. The lowest BCUT2D eigenvalue weighted by atomic mass is 9.74. The molecule has 2 N–H and O–H groups in total. The van der Waals surface area contributed by atoms with Crippen LogP contribution in [0.1, 0.15) is 31.4 Å². The smallest absolute Gasteiger partial charge is 0.208 e. The highest BCUT2D eigenvalue weighted by atomic mass is 32.2. The number of ether oxygens (including phenoxy) is 1. The van der Waals surface area contributed by atoms with Gasteiger partial charge in [0.15, 0.2) is 0 Å². The summed E-state index contributed by atoms with van der Waals surface area (Å²) in [6.45, 7) is 5.08.